The van der Waals surface area contributed by atoms with Gasteiger partial charge in [-0.05, 0) is 32.9 Å². The molecule has 0 aliphatic heterocycles. The van der Waals surface area contributed by atoms with Crippen molar-refractivity contribution >= 4 is 34.6 Å². The molecule has 0 aliphatic carbocycles. The Hall–Kier alpha value is -1.39. The van der Waals surface area contributed by atoms with E-state index < -0.39 is 0 Å². The van der Waals surface area contributed by atoms with E-state index in [9.17, 15) is 0 Å². The summed E-state index contributed by atoms with van der Waals surface area (Å²) in [4.78, 5) is 0. The van der Waals surface area contributed by atoms with Crippen LogP contribution in [0.1, 0.15) is 30.0 Å². The number of nitrogens with zero attached hydrogens (tertiary/aromatic N) is 1. The summed E-state index contributed by atoms with van der Waals surface area (Å²) in [6.45, 7) is 5.79. The van der Waals surface area contributed by atoms with Gasteiger partial charge >= 0.3 is 0 Å². The zero-order valence-electron chi connectivity index (χ0n) is 10.9. The van der Waals surface area contributed by atoms with E-state index in [0.29, 0.717) is 15.7 Å². The highest BCUT2D eigenvalue weighted by atomic mass is 35.5. The molecule has 3 N–H and O–H groups in total. The van der Waals surface area contributed by atoms with Crippen molar-refractivity contribution < 1.29 is 4.52 Å². The Kier molecular flexibility index (Phi) is 3.92. The monoisotopic (exact) mass is 299 g/mol. The molecule has 1 unspecified atom stereocenters. The average Bonchev–Trinajstić information content (AvgIpc) is 2.66. The molecule has 1 heterocycles. The average molecular weight is 300 g/mol. The fraction of sp³-hybridized carbons (Fsp3) is 0.308. The maximum Gasteiger partial charge on any atom is 0.139 e. The topological polar surface area (TPSA) is 64.1 Å². The maximum absolute atomic E-state index is 6.00. The molecule has 1 aromatic carbocycles. The van der Waals surface area contributed by atoms with Crippen molar-refractivity contribution in [2.75, 3.05) is 11.1 Å². The largest absolute Gasteiger partial charge is 0.397 e. The first-order valence-electron chi connectivity index (χ1n) is 5.84. The Morgan fingerprint density at radius 2 is 1.89 bits per heavy atom. The van der Waals surface area contributed by atoms with Crippen LogP contribution in [0.3, 0.4) is 0 Å². The Balaban J connectivity index is 2.29. The zero-order valence-corrected chi connectivity index (χ0v) is 12.4. The molecule has 0 spiro atoms. The van der Waals surface area contributed by atoms with Crippen LogP contribution in [0.5, 0.6) is 0 Å². The molecule has 6 heteroatoms. The van der Waals surface area contributed by atoms with Crippen LogP contribution in [0.15, 0.2) is 16.7 Å². The normalized spacial score (nSPS) is 12.5. The van der Waals surface area contributed by atoms with Gasteiger partial charge in [0, 0.05) is 5.56 Å². The zero-order chi connectivity index (χ0) is 14.2. The van der Waals surface area contributed by atoms with Gasteiger partial charge in [-0.15, -0.1) is 0 Å². The molecule has 0 saturated heterocycles. The Morgan fingerprint density at radius 1 is 1.26 bits per heavy atom. The molecule has 0 saturated carbocycles. The number of halogens is 2. The Morgan fingerprint density at radius 3 is 2.47 bits per heavy atom. The lowest BCUT2D eigenvalue weighted by Gasteiger charge is -2.17. The molecule has 4 nitrogen and oxygen atoms in total. The number of nitrogens with one attached hydrogen (secondary N) is 1. The number of anilines is 2. The third kappa shape index (κ3) is 2.80. The minimum absolute atomic E-state index is 0.00536. The molecule has 0 bridgehead atoms. The second-order valence-electron chi connectivity index (χ2n) is 4.46. The van der Waals surface area contributed by atoms with Crippen molar-refractivity contribution in [3.8, 4) is 0 Å². The molecule has 2 aromatic rings. The number of hydrogen-bond donors (Lipinski definition) is 2. The fourth-order valence-electron chi connectivity index (χ4n) is 2.10. The summed E-state index contributed by atoms with van der Waals surface area (Å²) in [6, 6.07) is 3.35. The predicted molar refractivity (Wildman–Crippen MR) is 78.9 cm³/mol. The standard InChI is InChI=1S/C13H15Cl2N3O/c1-6(13-7(2)18-19-8(13)3)17-12-5-10(15)9(14)4-11(12)16/h4-6,17H,16H2,1-3H3. The minimum Gasteiger partial charge on any atom is -0.397 e. The highest BCUT2D eigenvalue weighted by molar-refractivity contribution is 6.42. The van der Waals surface area contributed by atoms with Crippen LogP contribution in [0, 0.1) is 13.8 Å². The lowest BCUT2D eigenvalue weighted by molar-refractivity contribution is 0.392. The fourth-order valence-corrected chi connectivity index (χ4v) is 2.44. The van der Waals surface area contributed by atoms with Gasteiger partial charge in [-0.2, -0.15) is 0 Å². The van der Waals surface area contributed by atoms with Crippen molar-refractivity contribution in [1.82, 2.24) is 5.16 Å². The highest BCUT2D eigenvalue weighted by Gasteiger charge is 2.17. The van der Waals surface area contributed by atoms with Gasteiger partial charge in [0.2, 0.25) is 0 Å². The second kappa shape index (κ2) is 5.31. The number of benzene rings is 1. The maximum atomic E-state index is 6.00. The van der Waals surface area contributed by atoms with E-state index in [1.54, 1.807) is 12.1 Å². The van der Waals surface area contributed by atoms with Gasteiger partial charge in [-0.1, -0.05) is 28.4 Å². The predicted octanol–water partition coefficient (Wildman–Crippen LogP) is 4.35. The summed E-state index contributed by atoms with van der Waals surface area (Å²) in [5.74, 6) is 0.788. The first-order valence-corrected chi connectivity index (χ1v) is 6.59. The van der Waals surface area contributed by atoms with Crippen molar-refractivity contribution in [3.05, 3.63) is 39.2 Å². The van der Waals surface area contributed by atoms with Crippen molar-refractivity contribution in [3.63, 3.8) is 0 Å². The van der Waals surface area contributed by atoms with E-state index >= 15 is 0 Å². The first kappa shape index (κ1) is 14.0. The molecule has 0 aliphatic rings. The van der Waals surface area contributed by atoms with E-state index in [2.05, 4.69) is 10.5 Å². The van der Waals surface area contributed by atoms with Crippen LogP contribution in [-0.4, -0.2) is 5.16 Å². The van der Waals surface area contributed by atoms with Crippen LogP contribution < -0.4 is 11.1 Å². The third-order valence-corrected chi connectivity index (χ3v) is 3.71. The highest BCUT2D eigenvalue weighted by Crippen LogP contribution is 2.33. The lowest BCUT2D eigenvalue weighted by atomic mass is 10.1. The molecule has 1 atom stereocenters. The summed E-state index contributed by atoms with van der Waals surface area (Å²) in [5, 5.41) is 8.14. The van der Waals surface area contributed by atoms with Gasteiger partial charge in [0.25, 0.3) is 0 Å². The minimum atomic E-state index is 0.00536. The van der Waals surface area contributed by atoms with Gasteiger partial charge in [-0.25, -0.2) is 0 Å². The van der Waals surface area contributed by atoms with Crippen LogP contribution in [0.4, 0.5) is 11.4 Å². The summed E-state index contributed by atoms with van der Waals surface area (Å²) in [7, 11) is 0. The number of nitrogens with two attached hydrogens (primary N) is 1. The van der Waals surface area contributed by atoms with Crippen molar-refractivity contribution in [1.29, 1.82) is 0 Å². The molecule has 2 rings (SSSR count). The molecule has 102 valence electrons. The molecule has 1 aromatic heterocycles. The Labute approximate surface area is 121 Å². The molecular formula is C13H15Cl2N3O. The smallest absolute Gasteiger partial charge is 0.139 e. The molecule has 0 amide bonds. The lowest BCUT2D eigenvalue weighted by Crippen LogP contribution is -2.10. The number of aryl methyl sites for hydroxylation is 2. The van der Waals surface area contributed by atoms with Crippen LogP contribution >= 0.6 is 23.2 Å². The SMILES string of the molecule is Cc1noc(C)c1C(C)Nc1cc(Cl)c(Cl)cc1N. The van der Waals surface area contributed by atoms with Gasteiger partial charge in [0.15, 0.2) is 0 Å². The molecule has 0 radical (unpaired) electrons. The van der Waals surface area contributed by atoms with Gasteiger partial charge in [0.1, 0.15) is 5.76 Å². The quantitative estimate of drug-likeness (QED) is 0.827. The number of aromatic nitrogens is 1. The van der Waals surface area contributed by atoms with Gasteiger partial charge in [0.05, 0.1) is 33.2 Å². The summed E-state index contributed by atoms with van der Waals surface area (Å²) < 4.78 is 5.16. The molecular weight excluding hydrogens is 285 g/mol. The van der Waals surface area contributed by atoms with Crippen LogP contribution in [-0.2, 0) is 0 Å². The molecule has 19 heavy (non-hydrogen) atoms. The molecule has 0 fully saturated rings. The number of hydrogen-bond acceptors (Lipinski definition) is 4. The first-order chi connectivity index (χ1) is 8.90. The third-order valence-electron chi connectivity index (χ3n) is 2.99. The summed E-state index contributed by atoms with van der Waals surface area (Å²) in [5.41, 5.74) is 9.09. The van der Waals surface area contributed by atoms with E-state index in [-0.39, 0.29) is 6.04 Å². The van der Waals surface area contributed by atoms with Gasteiger partial charge in [-0.3, -0.25) is 0 Å². The number of nitrogen functional groups attached to an aromatic ring is 1. The Bertz CT molecular complexity index is 591. The number of rotatable bonds is 3. The summed E-state index contributed by atoms with van der Waals surface area (Å²) in [6.07, 6.45) is 0. The second-order valence-corrected chi connectivity index (χ2v) is 5.27. The van der Waals surface area contributed by atoms with E-state index in [1.807, 2.05) is 20.8 Å². The van der Waals surface area contributed by atoms with Crippen molar-refractivity contribution in [2.45, 2.75) is 26.8 Å². The van der Waals surface area contributed by atoms with E-state index in [1.165, 1.54) is 0 Å². The van der Waals surface area contributed by atoms with E-state index in [0.717, 1.165) is 22.7 Å². The van der Waals surface area contributed by atoms with E-state index in [4.69, 9.17) is 33.5 Å². The van der Waals surface area contributed by atoms with Crippen LogP contribution in [0.25, 0.3) is 0 Å². The van der Waals surface area contributed by atoms with Crippen LogP contribution in [0.2, 0.25) is 10.0 Å². The van der Waals surface area contributed by atoms with Gasteiger partial charge < -0.3 is 15.6 Å². The van der Waals surface area contributed by atoms with Crippen molar-refractivity contribution in [2.24, 2.45) is 0 Å². The summed E-state index contributed by atoms with van der Waals surface area (Å²) >= 11 is 11.9.